The monoisotopic (exact) mass is 210 g/mol. The molecule has 2 saturated heterocycles. The number of hydrogen-bond acceptors (Lipinski definition) is 3. The van der Waals surface area contributed by atoms with Crippen LogP contribution in [-0.2, 0) is 4.74 Å². The van der Waals surface area contributed by atoms with Gasteiger partial charge in [0.1, 0.15) is 6.61 Å². The van der Waals surface area contributed by atoms with Gasteiger partial charge in [0.15, 0.2) is 0 Å². The predicted octanol–water partition coefficient (Wildman–Crippen LogP) is 0.994. The van der Waals surface area contributed by atoms with E-state index in [9.17, 15) is 4.79 Å². The molecule has 0 atom stereocenters. The Morgan fingerprint density at radius 1 is 1.47 bits per heavy atom. The van der Waals surface area contributed by atoms with Crippen LogP contribution in [0, 0.1) is 5.41 Å². The molecule has 2 fully saturated rings. The maximum absolute atomic E-state index is 11.5. The molecule has 2 aliphatic rings. The predicted molar refractivity (Wildman–Crippen MR) is 57.7 cm³/mol. The molecule has 84 valence electrons. The molecule has 0 radical (unpaired) electrons. The Labute approximate surface area is 90.3 Å². The second-order valence-electron chi connectivity index (χ2n) is 4.46. The Kier molecular flexibility index (Phi) is 2.95. The number of carbonyl (C=O) groups is 1. The number of nitrogens with one attached hydrogen (secondary N) is 1. The first kappa shape index (κ1) is 10.5. The largest absolute Gasteiger partial charge is 0.445 e. The Morgan fingerprint density at radius 2 is 2.13 bits per heavy atom. The first-order valence-corrected chi connectivity index (χ1v) is 5.49. The van der Waals surface area contributed by atoms with Crippen LogP contribution >= 0.6 is 0 Å². The molecule has 15 heavy (non-hydrogen) atoms. The van der Waals surface area contributed by atoms with Gasteiger partial charge in [0.05, 0.1) is 0 Å². The van der Waals surface area contributed by atoms with Gasteiger partial charge < -0.3 is 15.0 Å². The van der Waals surface area contributed by atoms with Gasteiger partial charge >= 0.3 is 6.09 Å². The van der Waals surface area contributed by atoms with Crippen LogP contribution in [0.15, 0.2) is 12.7 Å². The van der Waals surface area contributed by atoms with E-state index in [-0.39, 0.29) is 6.09 Å². The van der Waals surface area contributed by atoms with Crippen LogP contribution < -0.4 is 5.32 Å². The second kappa shape index (κ2) is 4.23. The highest BCUT2D eigenvalue weighted by Crippen LogP contribution is 2.34. The summed E-state index contributed by atoms with van der Waals surface area (Å²) in [5.41, 5.74) is 0.481. The molecule has 0 aliphatic carbocycles. The van der Waals surface area contributed by atoms with Gasteiger partial charge in [-0.3, -0.25) is 0 Å². The smallest absolute Gasteiger partial charge is 0.410 e. The summed E-state index contributed by atoms with van der Waals surface area (Å²) in [5, 5.41) is 3.30. The van der Waals surface area contributed by atoms with E-state index in [1.54, 1.807) is 11.0 Å². The van der Waals surface area contributed by atoms with Gasteiger partial charge in [0.2, 0.25) is 0 Å². The lowest BCUT2D eigenvalue weighted by Gasteiger charge is -2.48. The maximum atomic E-state index is 11.5. The number of likely N-dealkylation sites (tertiary alicyclic amines) is 1. The summed E-state index contributed by atoms with van der Waals surface area (Å²) >= 11 is 0. The molecule has 0 aromatic heterocycles. The molecule has 1 spiro atoms. The minimum atomic E-state index is -0.197. The Hall–Kier alpha value is -1.03. The zero-order chi connectivity index (χ0) is 10.7. The summed E-state index contributed by atoms with van der Waals surface area (Å²) in [7, 11) is 0. The molecule has 0 unspecified atom stereocenters. The summed E-state index contributed by atoms with van der Waals surface area (Å²) in [6, 6.07) is 0. The van der Waals surface area contributed by atoms with E-state index >= 15 is 0 Å². The molecule has 4 nitrogen and oxygen atoms in total. The Morgan fingerprint density at radius 3 is 2.60 bits per heavy atom. The van der Waals surface area contributed by atoms with Gasteiger partial charge in [-0.2, -0.15) is 0 Å². The van der Waals surface area contributed by atoms with Crippen molar-refractivity contribution in [1.29, 1.82) is 0 Å². The van der Waals surface area contributed by atoms with Gasteiger partial charge in [-0.15, -0.1) is 0 Å². The lowest BCUT2D eigenvalue weighted by atomic mass is 9.73. The van der Waals surface area contributed by atoms with Crippen LogP contribution in [0.4, 0.5) is 4.79 Å². The third-order valence-corrected chi connectivity index (χ3v) is 3.41. The van der Waals surface area contributed by atoms with Crippen molar-refractivity contribution in [2.45, 2.75) is 12.8 Å². The van der Waals surface area contributed by atoms with E-state index in [2.05, 4.69) is 11.9 Å². The summed E-state index contributed by atoms with van der Waals surface area (Å²) < 4.78 is 5.00. The van der Waals surface area contributed by atoms with Gasteiger partial charge in [0.25, 0.3) is 0 Å². The minimum absolute atomic E-state index is 0.197. The van der Waals surface area contributed by atoms with Crippen molar-refractivity contribution in [2.24, 2.45) is 5.41 Å². The van der Waals surface area contributed by atoms with Crippen molar-refractivity contribution in [2.75, 3.05) is 32.8 Å². The number of rotatable bonds is 2. The minimum Gasteiger partial charge on any atom is -0.445 e. The van der Waals surface area contributed by atoms with Gasteiger partial charge in [0, 0.05) is 26.2 Å². The fraction of sp³-hybridized carbons (Fsp3) is 0.727. The van der Waals surface area contributed by atoms with Crippen LogP contribution in [-0.4, -0.2) is 43.8 Å². The fourth-order valence-corrected chi connectivity index (χ4v) is 2.22. The number of piperidine rings is 1. The lowest BCUT2D eigenvalue weighted by Crippen LogP contribution is -2.58. The molecule has 2 heterocycles. The van der Waals surface area contributed by atoms with Gasteiger partial charge in [-0.1, -0.05) is 12.7 Å². The van der Waals surface area contributed by atoms with Crippen LogP contribution in [0.3, 0.4) is 0 Å². The fourth-order valence-electron chi connectivity index (χ4n) is 2.22. The van der Waals surface area contributed by atoms with Crippen molar-refractivity contribution in [3.05, 3.63) is 12.7 Å². The van der Waals surface area contributed by atoms with Crippen molar-refractivity contribution >= 4 is 6.09 Å². The lowest BCUT2D eigenvalue weighted by molar-refractivity contribution is 0.0443. The van der Waals surface area contributed by atoms with E-state index in [0.717, 1.165) is 39.0 Å². The molecular formula is C11H18N2O2. The quantitative estimate of drug-likeness (QED) is 0.691. The van der Waals surface area contributed by atoms with Crippen LogP contribution in [0.2, 0.25) is 0 Å². The van der Waals surface area contributed by atoms with Crippen molar-refractivity contribution < 1.29 is 9.53 Å². The number of ether oxygens (including phenoxy) is 1. The first-order chi connectivity index (χ1) is 7.26. The highest BCUT2D eigenvalue weighted by molar-refractivity contribution is 5.67. The van der Waals surface area contributed by atoms with E-state index in [1.807, 2.05) is 0 Å². The number of carbonyl (C=O) groups excluding carboxylic acids is 1. The second-order valence-corrected chi connectivity index (χ2v) is 4.46. The van der Waals surface area contributed by atoms with Crippen LogP contribution in [0.5, 0.6) is 0 Å². The van der Waals surface area contributed by atoms with Crippen molar-refractivity contribution in [1.82, 2.24) is 10.2 Å². The molecule has 2 aliphatic heterocycles. The molecule has 0 aromatic rings. The SMILES string of the molecule is C=CCOC(=O)N1CCC2(CC1)CNC2. The molecule has 1 N–H and O–H groups in total. The summed E-state index contributed by atoms with van der Waals surface area (Å²) in [6.07, 6.45) is 3.60. The number of amides is 1. The van der Waals surface area contributed by atoms with Crippen molar-refractivity contribution in [3.63, 3.8) is 0 Å². The van der Waals surface area contributed by atoms with Gasteiger partial charge in [-0.25, -0.2) is 4.79 Å². The van der Waals surface area contributed by atoms with E-state index in [4.69, 9.17) is 4.74 Å². The molecule has 0 bridgehead atoms. The number of nitrogens with zero attached hydrogens (tertiary/aromatic N) is 1. The number of hydrogen-bond donors (Lipinski definition) is 1. The summed E-state index contributed by atoms with van der Waals surface area (Å²) in [6.45, 7) is 7.72. The summed E-state index contributed by atoms with van der Waals surface area (Å²) in [5.74, 6) is 0. The van der Waals surface area contributed by atoms with Gasteiger partial charge in [-0.05, 0) is 18.3 Å². The highest BCUT2D eigenvalue weighted by Gasteiger charge is 2.40. The molecule has 0 saturated carbocycles. The molecule has 0 aromatic carbocycles. The zero-order valence-corrected chi connectivity index (χ0v) is 9.00. The van der Waals surface area contributed by atoms with Crippen molar-refractivity contribution in [3.8, 4) is 0 Å². The van der Waals surface area contributed by atoms with E-state index in [0.29, 0.717) is 12.0 Å². The molecule has 1 amide bonds. The topological polar surface area (TPSA) is 41.6 Å². The normalized spacial score (nSPS) is 23.3. The van der Waals surface area contributed by atoms with E-state index < -0.39 is 0 Å². The van der Waals surface area contributed by atoms with Crippen LogP contribution in [0.1, 0.15) is 12.8 Å². The van der Waals surface area contributed by atoms with E-state index in [1.165, 1.54) is 0 Å². The third kappa shape index (κ3) is 2.15. The maximum Gasteiger partial charge on any atom is 0.410 e. The Balaban J connectivity index is 1.77. The molecule has 4 heteroatoms. The molecule has 2 rings (SSSR count). The third-order valence-electron chi connectivity index (χ3n) is 3.41. The first-order valence-electron chi connectivity index (χ1n) is 5.49. The average Bonchev–Trinajstić information content (AvgIpc) is 2.24. The highest BCUT2D eigenvalue weighted by atomic mass is 16.6. The Bertz CT molecular complexity index is 251. The summed E-state index contributed by atoms with van der Waals surface area (Å²) in [4.78, 5) is 13.3. The standard InChI is InChI=1S/C11H18N2O2/c1-2-7-15-10(14)13-5-3-11(4-6-13)8-12-9-11/h2,12H,1,3-9H2. The average molecular weight is 210 g/mol. The molecular weight excluding hydrogens is 192 g/mol. The van der Waals surface area contributed by atoms with Crippen LogP contribution in [0.25, 0.3) is 0 Å². The zero-order valence-electron chi connectivity index (χ0n) is 9.00.